The maximum atomic E-state index is 11.1. The Labute approximate surface area is 117 Å². The van der Waals surface area contributed by atoms with Crippen molar-refractivity contribution in [3.63, 3.8) is 0 Å². The van der Waals surface area contributed by atoms with Crippen molar-refractivity contribution in [1.82, 2.24) is 0 Å². The van der Waals surface area contributed by atoms with Gasteiger partial charge in [-0.2, -0.15) is 5.26 Å². The lowest BCUT2D eigenvalue weighted by Gasteiger charge is -2.12. The van der Waals surface area contributed by atoms with Crippen LogP contribution in [0.4, 0.5) is 0 Å². The Balaban J connectivity index is 2.24. The summed E-state index contributed by atoms with van der Waals surface area (Å²) in [7, 11) is 0. The van der Waals surface area contributed by atoms with Crippen molar-refractivity contribution in [3.8, 4) is 17.6 Å². The van der Waals surface area contributed by atoms with Crippen LogP contribution in [-0.4, -0.2) is 5.97 Å². The molecule has 0 amide bonds. The topological polar surface area (TPSA) is 59.3 Å². The van der Waals surface area contributed by atoms with E-state index in [1.807, 2.05) is 36.4 Å². The standard InChI is InChI=1S/C16H13NO3/c1-12(18)20-15-9-5-8-14(10-17)16(15)19-11-13-6-3-2-4-7-13/h2-9H,11H2,1H3. The number of carbonyl (C=O) groups excluding carboxylic acids is 1. The molecule has 0 spiro atoms. The van der Waals surface area contributed by atoms with Gasteiger partial charge in [-0.05, 0) is 17.7 Å². The minimum Gasteiger partial charge on any atom is -0.484 e. The summed E-state index contributed by atoms with van der Waals surface area (Å²) in [5.74, 6) is 0.0891. The average molecular weight is 267 g/mol. The zero-order valence-corrected chi connectivity index (χ0v) is 11.0. The molecule has 4 nitrogen and oxygen atoms in total. The third kappa shape index (κ3) is 3.36. The fraction of sp³-hybridized carbons (Fsp3) is 0.125. The molecule has 0 saturated heterocycles. The van der Waals surface area contributed by atoms with Crippen molar-refractivity contribution in [2.24, 2.45) is 0 Å². The first-order chi connectivity index (χ1) is 9.70. The van der Waals surface area contributed by atoms with Crippen LogP contribution in [0.15, 0.2) is 48.5 Å². The number of nitriles is 1. The van der Waals surface area contributed by atoms with Gasteiger partial charge in [0.1, 0.15) is 12.7 Å². The summed E-state index contributed by atoms with van der Waals surface area (Å²) in [6.07, 6.45) is 0. The molecular formula is C16H13NO3. The minimum absolute atomic E-state index is 0.257. The number of hydrogen-bond acceptors (Lipinski definition) is 4. The van der Waals surface area contributed by atoms with Gasteiger partial charge in [-0.15, -0.1) is 0 Å². The van der Waals surface area contributed by atoms with Crippen LogP contribution in [0.1, 0.15) is 18.1 Å². The maximum Gasteiger partial charge on any atom is 0.308 e. The minimum atomic E-state index is -0.454. The molecule has 0 unspecified atom stereocenters. The monoisotopic (exact) mass is 267 g/mol. The first-order valence-corrected chi connectivity index (χ1v) is 6.09. The first-order valence-electron chi connectivity index (χ1n) is 6.09. The van der Waals surface area contributed by atoms with Crippen molar-refractivity contribution in [2.75, 3.05) is 0 Å². The molecular weight excluding hydrogens is 254 g/mol. The van der Waals surface area contributed by atoms with Gasteiger partial charge in [-0.25, -0.2) is 0 Å². The lowest BCUT2D eigenvalue weighted by atomic mass is 10.2. The summed E-state index contributed by atoms with van der Waals surface area (Å²) in [4.78, 5) is 11.1. The van der Waals surface area contributed by atoms with E-state index >= 15 is 0 Å². The van der Waals surface area contributed by atoms with E-state index in [4.69, 9.17) is 14.7 Å². The van der Waals surface area contributed by atoms with Crippen LogP contribution in [0, 0.1) is 11.3 Å². The van der Waals surface area contributed by atoms with Gasteiger partial charge in [0.05, 0.1) is 5.56 Å². The van der Waals surface area contributed by atoms with E-state index in [2.05, 4.69) is 0 Å². The second-order valence-electron chi connectivity index (χ2n) is 4.11. The third-order valence-electron chi connectivity index (χ3n) is 2.58. The van der Waals surface area contributed by atoms with Crippen molar-refractivity contribution < 1.29 is 14.3 Å². The van der Waals surface area contributed by atoms with Crippen LogP contribution in [0.2, 0.25) is 0 Å². The van der Waals surface area contributed by atoms with Crippen LogP contribution in [-0.2, 0) is 11.4 Å². The Morgan fingerprint density at radius 2 is 1.90 bits per heavy atom. The van der Waals surface area contributed by atoms with Crippen LogP contribution >= 0.6 is 0 Å². The maximum absolute atomic E-state index is 11.1. The fourth-order valence-corrected chi connectivity index (χ4v) is 1.72. The highest BCUT2D eigenvalue weighted by Gasteiger charge is 2.12. The SMILES string of the molecule is CC(=O)Oc1cccc(C#N)c1OCc1ccccc1. The second-order valence-corrected chi connectivity index (χ2v) is 4.11. The molecule has 0 saturated carbocycles. The van der Waals surface area contributed by atoms with E-state index in [-0.39, 0.29) is 11.5 Å². The predicted octanol–water partition coefficient (Wildman–Crippen LogP) is 3.06. The Bertz CT molecular complexity index is 645. The molecule has 0 fully saturated rings. The molecule has 0 aliphatic carbocycles. The summed E-state index contributed by atoms with van der Waals surface area (Å²) in [6, 6.07) is 16.4. The molecule has 0 N–H and O–H groups in total. The Morgan fingerprint density at radius 1 is 1.15 bits per heavy atom. The number of ether oxygens (including phenoxy) is 2. The number of nitrogens with zero attached hydrogens (tertiary/aromatic N) is 1. The number of rotatable bonds is 4. The molecule has 20 heavy (non-hydrogen) atoms. The van der Waals surface area contributed by atoms with Crippen molar-refractivity contribution in [3.05, 3.63) is 59.7 Å². The number of carbonyl (C=O) groups is 1. The molecule has 4 heteroatoms. The number of hydrogen-bond donors (Lipinski definition) is 0. The first kappa shape index (κ1) is 13.6. The van der Waals surface area contributed by atoms with Gasteiger partial charge in [-0.1, -0.05) is 36.4 Å². The molecule has 0 bridgehead atoms. The third-order valence-corrected chi connectivity index (χ3v) is 2.58. The summed E-state index contributed by atoms with van der Waals surface area (Å²) >= 11 is 0. The van der Waals surface area contributed by atoms with Gasteiger partial charge in [-0.3, -0.25) is 4.79 Å². The molecule has 0 heterocycles. The molecule has 0 aliphatic rings. The van der Waals surface area contributed by atoms with Gasteiger partial charge in [0.2, 0.25) is 0 Å². The van der Waals surface area contributed by atoms with E-state index in [0.717, 1.165) is 5.56 Å². The molecule has 0 atom stereocenters. The van der Waals surface area contributed by atoms with E-state index in [0.29, 0.717) is 12.2 Å². The Hall–Kier alpha value is -2.80. The fourth-order valence-electron chi connectivity index (χ4n) is 1.72. The number of benzene rings is 2. The quantitative estimate of drug-likeness (QED) is 0.631. The van der Waals surface area contributed by atoms with Crippen LogP contribution in [0.25, 0.3) is 0 Å². The lowest BCUT2D eigenvalue weighted by Crippen LogP contribution is -2.05. The Morgan fingerprint density at radius 3 is 2.55 bits per heavy atom. The average Bonchev–Trinajstić information content (AvgIpc) is 2.46. The summed E-state index contributed by atoms with van der Waals surface area (Å²) in [5, 5.41) is 9.10. The number of para-hydroxylation sites is 1. The van der Waals surface area contributed by atoms with E-state index in [1.54, 1.807) is 18.2 Å². The Kier molecular flexibility index (Phi) is 4.35. The highest BCUT2D eigenvalue weighted by atomic mass is 16.6. The van der Waals surface area contributed by atoms with Crippen LogP contribution in [0.3, 0.4) is 0 Å². The smallest absolute Gasteiger partial charge is 0.308 e. The van der Waals surface area contributed by atoms with Gasteiger partial charge in [0.25, 0.3) is 0 Å². The van der Waals surface area contributed by atoms with Gasteiger partial charge in [0, 0.05) is 6.92 Å². The van der Waals surface area contributed by atoms with E-state index in [1.165, 1.54) is 6.92 Å². The molecule has 0 radical (unpaired) electrons. The predicted molar refractivity (Wildman–Crippen MR) is 73.2 cm³/mol. The van der Waals surface area contributed by atoms with E-state index in [9.17, 15) is 4.79 Å². The number of esters is 1. The second kappa shape index (κ2) is 6.39. The largest absolute Gasteiger partial charge is 0.484 e. The van der Waals surface area contributed by atoms with Gasteiger partial charge in [0.15, 0.2) is 11.5 Å². The molecule has 2 aromatic rings. The summed E-state index contributed by atoms with van der Waals surface area (Å²) in [6.45, 7) is 1.60. The van der Waals surface area contributed by atoms with Crippen molar-refractivity contribution in [2.45, 2.75) is 13.5 Å². The van der Waals surface area contributed by atoms with E-state index < -0.39 is 5.97 Å². The molecule has 0 aliphatic heterocycles. The summed E-state index contributed by atoms with van der Waals surface area (Å²) in [5.41, 5.74) is 1.30. The van der Waals surface area contributed by atoms with Crippen LogP contribution < -0.4 is 9.47 Å². The van der Waals surface area contributed by atoms with Crippen LogP contribution in [0.5, 0.6) is 11.5 Å². The molecule has 2 rings (SSSR count). The van der Waals surface area contributed by atoms with Gasteiger partial charge >= 0.3 is 5.97 Å². The molecule has 2 aromatic carbocycles. The summed E-state index contributed by atoms with van der Waals surface area (Å²) < 4.78 is 10.7. The molecule has 0 aromatic heterocycles. The van der Waals surface area contributed by atoms with Crippen molar-refractivity contribution >= 4 is 5.97 Å². The zero-order valence-electron chi connectivity index (χ0n) is 11.0. The lowest BCUT2D eigenvalue weighted by molar-refractivity contribution is -0.132. The molecule has 100 valence electrons. The zero-order chi connectivity index (χ0) is 14.4. The van der Waals surface area contributed by atoms with Crippen molar-refractivity contribution in [1.29, 1.82) is 5.26 Å². The normalized spacial score (nSPS) is 9.60. The highest BCUT2D eigenvalue weighted by Crippen LogP contribution is 2.31. The van der Waals surface area contributed by atoms with Gasteiger partial charge < -0.3 is 9.47 Å². The highest BCUT2D eigenvalue weighted by molar-refractivity contribution is 5.71.